The van der Waals surface area contributed by atoms with Gasteiger partial charge in [-0.2, -0.15) is 23.3 Å². The lowest BCUT2D eigenvalue weighted by atomic mass is 9.91. The summed E-state index contributed by atoms with van der Waals surface area (Å²) in [5, 5.41) is 4.77. The van der Waals surface area contributed by atoms with Crippen LogP contribution in [0.5, 0.6) is 0 Å². The normalized spacial score (nSPS) is 20.9. The summed E-state index contributed by atoms with van der Waals surface area (Å²) < 4.78 is 109. The van der Waals surface area contributed by atoms with E-state index in [1.807, 2.05) is 0 Å². The number of hydrogen-bond donors (Lipinski definition) is 1. The number of halogens is 8. The molecular formula is C20H10F8N6. The molecule has 2 aliphatic heterocycles. The molecule has 2 heterocycles. The number of alkyl halides is 3. The molecule has 0 saturated heterocycles. The van der Waals surface area contributed by atoms with Gasteiger partial charge in [0.15, 0.2) is 34.8 Å². The highest BCUT2D eigenvalue weighted by Gasteiger charge is 2.51. The second kappa shape index (κ2) is 7.51. The highest BCUT2D eigenvalue weighted by Crippen LogP contribution is 2.41. The van der Waals surface area contributed by atoms with Crippen LogP contribution < -0.4 is 5.73 Å². The van der Waals surface area contributed by atoms with E-state index in [0.717, 1.165) is 17.1 Å². The molecule has 2 aromatic rings. The van der Waals surface area contributed by atoms with E-state index in [0.29, 0.717) is 6.07 Å². The summed E-state index contributed by atoms with van der Waals surface area (Å²) in [5.74, 6) is -11.5. The fraction of sp³-hybridized carbons (Fsp3) is 0.200. The van der Waals surface area contributed by atoms with Gasteiger partial charge in [-0.1, -0.05) is 6.07 Å². The summed E-state index contributed by atoms with van der Waals surface area (Å²) in [4.78, 5) is 10.8. The van der Waals surface area contributed by atoms with Gasteiger partial charge in [0.2, 0.25) is 11.8 Å². The summed E-state index contributed by atoms with van der Waals surface area (Å²) in [6.07, 6.45) is -5.33. The van der Waals surface area contributed by atoms with Crippen molar-refractivity contribution in [2.75, 3.05) is 0 Å². The third-order valence-electron chi connectivity index (χ3n) is 5.26. The first-order valence-corrected chi connectivity index (χ1v) is 9.21. The molecule has 14 heteroatoms. The van der Waals surface area contributed by atoms with Crippen molar-refractivity contribution in [3.63, 3.8) is 0 Å². The Morgan fingerprint density at radius 1 is 1.06 bits per heavy atom. The third-order valence-corrected chi connectivity index (χ3v) is 5.26. The minimum Gasteiger partial charge on any atom is -0.368 e. The minimum atomic E-state index is -4.85. The molecule has 2 aromatic carbocycles. The molecule has 4 rings (SSSR count). The van der Waals surface area contributed by atoms with E-state index < -0.39 is 69.7 Å². The summed E-state index contributed by atoms with van der Waals surface area (Å²) in [6.45, 7) is 8.26. The van der Waals surface area contributed by atoms with Crippen LogP contribution in [0.2, 0.25) is 0 Å². The standard InChI is InChI=1S/C20H10F8N6/c1-19-6-10(11-12(21)14(23)16(25)15(24)13(11)22)33-34(19)18(29)32-17(19)31-7-3-4-9(30-2)8(5-7)20(26,27)28/h3-5H,6H2,1H3,(H2,29,31,32). The highest BCUT2D eigenvalue weighted by atomic mass is 19.4. The fourth-order valence-corrected chi connectivity index (χ4v) is 3.60. The van der Waals surface area contributed by atoms with Gasteiger partial charge >= 0.3 is 6.18 Å². The van der Waals surface area contributed by atoms with Crippen LogP contribution in [0, 0.1) is 35.7 Å². The van der Waals surface area contributed by atoms with Crippen molar-refractivity contribution in [1.82, 2.24) is 5.01 Å². The van der Waals surface area contributed by atoms with Gasteiger partial charge in [-0.15, -0.1) is 0 Å². The van der Waals surface area contributed by atoms with Crippen LogP contribution in [-0.4, -0.2) is 28.1 Å². The van der Waals surface area contributed by atoms with Gasteiger partial charge in [-0.05, 0) is 19.1 Å². The molecule has 1 atom stereocenters. The zero-order chi connectivity index (χ0) is 25.2. The first-order valence-electron chi connectivity index (χ1n) is 9.21. The molecule has 6 nitrogen and oxygen atoms in total. The molecule has 0 aromatic heterocycles. The molecule has 2 aliphatic rings. The van der Waals surface area contributed by atoms with E-state index >= 15 is 0 Å². The number of aliphatic imine (C=N–C) groups is 2. The quantitative estimate of drug-likeness (QED) is 0.275. The van der Waals surface area contributed by atoms with E-state index in [1.54, 1.807) is 0 Å². The van der Waals surface area contributed by atoms with Gasteiger partial charge in [0, 0.05) is 6.42 Å². The van der Waals surface area contributed by atoms with Crippen LogP contribution in [0.25, 0.3) is 4.85 Å². The van der Waals surface area contributed by atoms with E-state index in [4.69, 9.17) is 12.3 Å². The van der Waals surface area contributed by atoms with Gasteiger partial charge < -0.3 is 5.73 Å². The van der Waals surface area contributed by atoms with Crippen LogP contribution in [0.3, 0.4) is 0 Å². The number of hydrazone groups is 1. The molecule has 176 valence electrons. The fourth-order valence-electron chi connectivity index (χ4n) is 3.60. The van der Waals surface area contributed by atoms with E-state index in [-0.39, 0.29) is 17.5 Å². The van der Waals surface area contributed by atoms with E-state index in [2.05, 4.69) is 19.9 Å². The number of nitrogens with zero attached hydrogens (tertiary/aromatic N) is 5. The third kappa shape index (κ3) is 3.35. The Morgan fingerprint density at radius 3 is 2.21 bits per heavy atom. The van der Waals surface area contributed by atoms with Crippen LogP contribution in [0.1, 0.15) is 24.5 Å². The van der Waals surface area contributed by atoms with Gasteiger partial charge in [-0.25, -0.2) is 36.8 Å². The number of guanidine groups is 1. The first-order chi connectivity index (χ1) is 15.8. The number of hydrogen-bond acceptors (Lipinski definition) is 4. The zero-order valence-electron chi connectivity index (χ0n) is 16.8. The molecule has 1 unspecified atom stereocenters. The van der Waals surface area contributed by atoms with Crippen molar-refractivity contribution in [1.29, 1.82) is 0 Å². The van der Waals surface area contributed by atoms with Gasteiger partial charge in [-0.3, -0.25) is 0 Å². The van der Waals surface area contributed by atoms with Crippen molar-refractivity contribution in [3.05, 3.63) is 69.8 Å². The molecule has 0 bridgehead atoms. The van der Waals surface area contributed by atoms with Crippen molar-refractivity contribution >= 4 is 28.9 Å². The van der Waals surface area contributed by atoms with Crippen molar-refractivity contribution in [3.8, 4) is 0 Å². The van der Waals surface area contributed by atoms with E-state index in [9.17, 15) is 35.1 Å². The van der Waals surface area contributed by atoms with E-state index in [1.165, 1.54) is 6.92 Å². The van der Waals surface area contributed by atoms with Gasteiger partial charge in [0.05, 0.1) is 29.1 Å². The summed E-state index contributed by atoms with van der Waals surface area (Å²) in [7, 11) is 0. The highest BCUT2D eigenvalue weighted by molar-refractivity contribution is 6.15. The molecule has 0 amide bonds. The number of benzene rings is 2. The van der Waals surface area contributed by atoms with Crippen molar-refractivity contribution < 1.29 is 35.1 Å². The largest absolute Gasteiger partial charge is 0.407 e. The van der Waals surface area contributed by atoms with Crippen LogP contribution in [0.15, 0.2) is 33.3 Å². The number of fused-ring (bicyclic) bond motifs is 1. The SMILES string of the molecule is [C-]#[N+]c1ccc(N=C2N=C(N)N3N=C(c4c(F)c(F)c(F)c(F)c4F)CC23C)cc1C(F)(F)F. The molecule has 2 N–H and O–H groups in total. The molecule has 0 saturated carbocycles. The Labute approximate surface area is 185 Å². The lowest BCUT2D eigenvalue weighted by molar-refractivity contribution is -0.136. The lowest BCUT2D eigenvalue weighted by Gasteiger charge is -2.25. The zero-order valence-corrected chi connectivity index (χ0v) is 16.8. The Hall–Kier alpha value is -4.02. The minimum absolute atomic E-state index is 0.226. The summed E-state index contributed by atoms with van der Waals surface area (Å²) in [5.41, 5.74) is 0.279. The molecule has 0 radical (unpaired) electrons. The Kier molecular flexibility index (Phi) is 5.11. The predicted octanol–water partition coefficient (Wildman–Crippen LogP) is 5.18. The van der Waals surface area contributed by atoms with Crippen LogP contribution in [0.4, 0.5) is 46.5 Å². The summed E-state index contributed by atoms with van der Waals surface area (Å²) >= 11 is 0. The maximum Gasteiger partial charge on any atom is 0.407 e. The van der Waals surface area contributed by atoms with Gasteiger partial charge in [0.25, 0.3) is 0 Å². The molecule has 34 heavy (non-hydrogen) atoms. The van der Waals surface area contributed by atoms with Crippen LogP contribution in [-0.2, 0) is 6.18 Å². The van der Waals surface area contributed by atoms with Gasteiger partial charge in [0.1, 0.15) is 5.54 Å². The maximum absolute atomic E-state index is 14.3. The average Bonchev–Trinajstić information content (AvgIpc) is 3.23. The Morgan fingerprint density at radius 2 is 1.65 bits per heavy atom. The Balaban J connectivity index is 1.79. The summed E-state index contributed by atoms with van der Waals surface area (Å²) in [6, 6.07) is 2.63. The van der Waals surface area contributed by atoms with Crippen molar-refractivity contribution in [2.24, 2.45) is 20.8 Å². The van der Waals surface area contributed by atoms with Crippen LogP contribution >= 0.6 is 0 Å². The Bertz CT molecular complexity index is 1340. The average molecular weight is 486 g/mol. The lowest BCUT2D eigenvalue weighted by Crippen LogP contribution is -2.45. The number of nitrogens with two attached hydrogens (primary N) is 1. The number of amidine groups is 1. The first kappa shape index (κ1) is 23.1. The molecular weight excluding hydrogens is 476 g/mol. The predicted molar refractivity (Wildman–Crippen MR) is 104 cm³/mol. The second-order valence-corrected chi connectivity index (χ2v) is 7.47. The molecule has 0 spiro atoms. The molecule has 0 aliphatic carbocycles. The monoisotopic (exact) mass is 486 g/mol. The van der Waals surface area contributed by atoms with Crippen molar-refractivity contribution in [2.45, 2.75) is 25.1 Å². The second-order valence-electron chi connectivity index (χ2n) is 7.47. The number of rotatable bonds is 2. The molecule has 0 fully saturated rings. The topological polar surface area (TPSA) is 70.7 Å². The smallest absolute Gasteiger partial charge is 0.368 e. The maximum atomic E-state index is 14.3.